The molecule has 0 bridgehead atoms. The number of pyridine rings is 1. The number of benzene rings is 1. The maximum absolute atomic E-state index is 12.7. The fourth-order valence-electron chi connectivity index (χ4n) is 4.05. The summed E-state index contributed by atoms with van der Waals surface area (Å²) in [5.41, 5.74) is 3.33. The third-order valence-corrected chi connectivity index (χ3v) is 7.90. The van der Waals surface area contributed by atoms with E-state index in [1.807, 2.05) is 13.0 Å². The van der Waals surface area contributed by atoms with E-state index in [1.54, 1.807) is 13.8 Å². The fraction of sp³-hybridized carbons (Fsp3) is 0.478. The van der Waals surface area contributed by atoms with Crippen molar-refractivity contribution in [3.8, 4) is 0 Å². The quantitative estimate of drug-likeness (QED) is 0.677. The number of hydrogen-bond donors (Lipinski definition) is 1. The van der Waals surface area contributed by atoms with Gasteiger partial charge in [0, 0.05) is 25.4 Å². The Morgan fingerprint density at radius 3 is 2.45 bits per heavy atom. The zero-order valence-corrected chi connectivity index (χ0v) is 19.2. The number of aromatic nitrogens is 1. The summed E-state index contributed by atoms with van der Waals surface area (Å²) >= 11 is 0. The van der Waals surface area contributed by atoms with E-state index in [0.29, 0.717) is 13.1 Å². The molecule has 0 fully saturated rings. The van der Waals surface area contributed by atoms with E-state index in [0.717, 1.165) is 23.0 Å². The van der Waals surface area contributed by atoms with Crippen LogP contribution in [0.1, 0.15) is 56.3 Å². The Morgan fingerprint density at radius 2 is 1.77 bits per heavy atom. The van der Waals surface area contributed by atoms with Crippen LogP contribution in [0.3, 0.4) is 0 Å². The molecule has 1 heterocycles. The standard InChI is InChI=1S/C23H31N3O4S/c1-4-26(5-2)31(29,30)21-12-13-23(28)25(15-21)16-22(27)24-17(3)19-11-10-18-8-6-7-9-20(18)14-19/h10-15,17H,4-9,16H2,1-3H3,(H,24,27). The molecule has 1 aromatic carbocycles. The molecule has 1 unspecified atom stereocenters. The van der Waals surface area contributed by atoms with Crippen molar-refractivity contribution in [2.75, 3.05) is 13.1 Å². The molecule has 0 spiro atoms. The highest BCUT2D eigenvalue weighted by Crippen LogP contribution is 2.24. The Balaban J connectivity index is 1.74. The lowest BCUT2D eigenvalue weighted by Gasteiger charge is -2.20. The van der Waals surface area contributed by atoms with E-state index in [1.165, 1.54) is 46.6 Å². The monoisotopic (exact) mass is 445 g/mol. The van der Waals surface area contributed by atoms with Crippen molar-refractivity contribution in [1.82, 2.24) is 14.2 Å². The number of aryl methyl sites for hydroxylation is 2. The number of carbonyl (C=O) groups is 1. The molecule has 0 saturated heterocycles. The van der Waals surface area contributed by atoms with Gasteiger partial charge < -0.3 is 9.88 Å². The Kier molecular flexibility index (Phi) is 7.33. The molecule has 0 radical (unpaired) electrons. The number of rotatable bonds is 8. The van der Waals surface area contributed by atoms with Crippen molar-refractivity contribution < 1.29 is 13.2 Å². The maximum atomic E-state index is 12.7. The van der Waals surface area contributed by atoms with E-state index in [2.05, 4.69) is 17.4 Å². The normalized spacial score (nSPS) is 14.8. The number of fused-ring (bicyclic) bond motifs is 1. The second-order valence-electron chi connectivity index (χ2n) is 7.94. The molecule has 2 aromatic rings. The van der Waals surface area contributed by atoms with Crippen molar-refractivity contribution in [1.29, 1.82) is 0 Å². The first-order valence-electron chi connectivity index (χ1n) is 10.9. The number of nitrogens with zero attached hydrogens (tertiary/aromatic N) is 2. The third kappa shape index (κ3) is 5.25. The van der Waals surface area contributed by atoms with Gasteiger partial charge in [-0.3, -0.25) is 9.59 Å². The van der Waals surface area contributed by atoms with Crippen molar-refractivity contribution >= 4 is 15.9 Å². The Hall–Kier alpha value is -2.45. The highest BCUT2D eigenvalue weighted by Gasteiger charge is 2.23. The van der Waals surface area contributed by atoms with Crippen LogP contribution in [-0.4, -0.2) is 36.3 Å². The van der Waals surface area contributed by atoms with Crippen LogP contribution in [-0.2, 0) is 34.2 Å². The lowest BCUT2D eigenvalue weighted by Crippen LogP contribution is -2.35. The average Bonchev–Trinajstić information content (AvgIpc) is 2.75. The number of sulfonamides is 1. The molecule has 1 atom stereocenters. The minimum Gasteiger partial charge on any atom is -0.348 e. The molecule has 0 aliphatic heterocycles. The zero-order chi connectivity index (χ0) is 22.6. The SMILES string of the molecule is CCN(CC)S(=O)(=O)c1ccc(=O)n(CC(=O)NC(C)c2ccc3c(c2)CCCC3)c1. The van der Waals surface area contributed by atoms with E-state index < -0.39 is 15.6 Å². The second-order valence-corrected chi connectivity index (χ2v) is 9.88. The first-order valence-corrected chi connectivity index (χ1v) is 12.3. The fourth-order valence-corrected chi connectivity index (χ4v) is 5.52. The van der Waals surface area contributed by atoms with Crippen LogP contribution in [0.2, 0.25) is 0 Å². The molecule has 7 nitrogen and oxygen atoms in total. The van der Waals surface area contributed by atoms with Gasteiger partial charge in [0.05, 0.1) is 10.9 Å². The molecule has 1 amide bonds. The Labute approximate surface area is 184 Å². The van der Waals surface area contributed by atoms with E-state index in [4.69, 9.17) is 0 Å². The van der Waals surface area contributed by atoms with Crippen LogP contribution in [0.4, 0.5) is 0 Å². The van der Waals surface area contributed by atoms with Crippen LogP contribution < -0.4 is 10.9 Å². The molecular formula is C23H31N3O4S. The van der Waals surface area contributed by atoms with Gasteiger partial charge in [0.2, 0.25) is 15.9 Å². The van der Waals surface area contributed by atoms with Gasteiger partial charge in [-0.25, -0.2) is 8.42 Å². The van der Waals surface area contributed by atoms with Crippen molar-refractivity contribution in [3.05, 3.63) is 63.6 Å². The smallest absolute Gasteiger partial charge is 0.251 e. The second kappa shape index (κ2) is 9.78. The van der Waals surface area contributed by atoms with Crippen LogP contribution >= 0.6 is 0 Å². The largest absolute Gasteiger partial charge is 0.348 e. The minimum absolute atomic E-state index is 0.00587. The first-order chi connectivity index (χ1) is 14.8. The molecule has 1 aromatic heterocycles. The number of amides is 1. The van der Waals surface area contributed by atoms with Crippen molar-refractivity contribution in [2.24, 2.45) is 0 Å². The summed E-state index contributed by atoms with van der Waals surface area (Å²) < 4.78 is 27.9. The molecule has 0 saturated carbocycles. The molecule has 31 heavy (non-hydrogen) atoms. The summed E-state index contributed by atoms with van der Waals surface area (Å²) in [7, 11) is -3.71. The molecule has 3 rings (SSSR count). The molecule has 1 aliphatic carbocycles. The molecule has 1 aliphatic rings. The van der Waals surface area contributed by atoms with Gasteiger partial charge in [-0.05, 0) is 55.4 Å². The summed E-state index contributed by atoms with van der Waals surface area (Å²) in [5, 5.41) is 2.92. The molecule has 8 heteroatoms. The van der Waals surface area contributed by atoms with Crippen LogP contribution in [0.25, 0.3) is 0 Å². The summed E-state index contributed by atoms with van der Waals surface area (Å²) in [6, 6.07) is 8.61. The molecule has 1 N–H and O–H groups in total. The van der Waals surface area contributed by atoms with Gasteiger partial charge in [-0.2, -0.15) is 4.31 Å². The highest BCUT2D eigenvalue weighted by molar-refractivity contribution is 7.89. The Morgan fingerprint density at radius 1 is 1.10 bits per heavy atom. The van der Waals surface area contributed by atoms with Gasteiger partial charge in [0.1, 0.15) is 6.54 Å². The van der Waals surface area contributed by atoms with Crippen LogP contribution in [0.15, 0.2) is 46.2 Å². The summed E-state index contributed by atoms with van der Waals surface area (Å²) in [6.45, 7) is 5.84. The van der Waals surface area contributed by atoms with Crippen LogP contribution in [0, 0.1) is 0 Å². The van der Waals surface area contributed by atoms with Gasteiger partial charge in [-0.1, -0.05) is 32.0 Å². The van der Waals surface area contributed by atoms with Gasteiger partial charge >= 0.3 is 0 Å². The van der Waals surface area contributed by atoms with Gasteiger partial charge in [0.25, 0.3) is 5.56 Å². The predicted octanol–water partition coefficient (Wildman–Crippen LogP) is 2.64. The lowest BCUT2D eigenvalue weighted by molar-refractivity contribution is -0.122. The summed E-state index contributed by atoms with van der Waals surface area (Å²) in [5.74, 6) is -0.343. The lowest BCUT2D eigenvalue weighted by atomic mass is 9.89. The van der Waals surface area contributed by atoms with E-state index in [9.17, 15) is 18.0 Å². The molecular weight excluding hydrogens is 414 g/mol. The number of hydrogen-bond acceptors (Lipinski definition) is 4. The van der Waals surface area contributed by atoms with Crippen molar-refractivity contribution in [2.45, 2.75) is 63.9 Å². The van der Waals surface area contributed by atoms with Gasteiger partial charge in [0.15, 0.2) is 0 Å². The number of carbonyl (C=O) groups excluding carboxylic acids is 1. The first kappa shape index (κ1) is 23.2. The Bertz CT molecular complexity index is 1100. The third-order valence-electron chi connectivity index (χ3n) is 5.86. The number of nitrogens with one attached hydrogen (secondary N) is 1. The predicted molar refractivity (Wildman–Crippen MR) is 120 cm³/mol. The van der Waals surface area contributed by atoms with Crippen LogP contribution in [0.5, 0.6) is 0 Å². The summed E-state index contributed by atoms with van der Waals surface area (Å²) in [6.07, 6.45) is 5.82. The minimum atomic E-state index is -3.71. The molecule has 168 valence electrons. The van der Waals surface area contributed by atoms with E-state index >= 15 is 0 Å². The zero-order valence-electron chi connectivity index (χ0n) is 18.4. The topological polar surface area (TPSA) is 88.5 Å². The van der Waals surface area contributed by atoms with E-state index in [-0.39, 0.29) is 23.4 Å². The average molecular weight is 446 g/mol. The summed E-state index contributed by atoms with van der Waals surface area (Å²) in [4.78, 5) is 24.9. The maximum Gasteiger partial charge on any atom is 0.251 e. The highest BCUT2D eigenvalue weighted by atomic mass is 32.2. The van der Waals surface area contributed by atoms with Crippen molar-refractivity contribution in [3.63, 3.8) is 0 Å². The van der Waals surface area contributed by atoms with Gasteiger partial charge in [-0.15, -0.1) is 0 Å².